The van der Waals surface area contributed by atoms with Crippen molar-refractivity contribution in [2.75, 3.05) is 26.7 Å². The zero-order chi connectivity index (χ0) is 10.6. The minimum atomic E-state index is -2.73. The van der Waals surface area contributed by atoms with Crippen molar-refractivity contribution in [3.05, 3.63) is 0 Å². The van der Waals surface area contributed by atoms with E-state index in [9.17, 15) is 8.78 Å². The summed E-state index contributed by atoms with van der Waals surface area (Å²) in [6.07, 6.45) is 4.92. The third-order valence-electron chi connectivity index (χ3n) is 2.94. The average molecular weight is 206 g/mol. The molecule has 1 saturated carbocycles. The second-order valence-electron chi connectivity index (χ2n) is 4.38. The van der Waals surface area contributed by atoms with Gasteiger partial charge < -0.3 is 10.6 Å². The molecule has 0 atom stereocenters. The van der Waals surface area contributed by atoms with Crippen molar-refractivity contribution in [2.24, 2.45) is 11.7 Å². The Bertz CT molecular complexity index is 170. The van der Waals surface area contributed by atoms with Gasteiger partial charge in [0.25, 0.3) is 5.92 Å². The van der Waals surface area contributed by atoms with Crippen LogP contribution in [0.5, 0.6) is 0 Å². The zero-order valence-electron chi connectivity index (χ0n) is 8.81. The highest BCUT2D eigenvalue weighted by Gasteiger charge is 2.28. The minimum Gasteiger partial charge on any atom is -0.325 e. The predicted molar refractivity (Wildman–Crippen MR) is 53.5 cm³/mol. The van der Waals surface area contributed by atoms with E-state index in [4.69, 9.17) is 5.73 Å². The Hall–Kier alpha value is -0.220. The fourth-order valence-electron chi connectivity index (χ4n) is 1.72. The smallest absolute Gasteiger partial charge is 0.272 e. The average Bonchev–Trinajstić information content (AvgIpc) is 2.00. The monoisotopic (exact) mass is 206 g/mol. The fraction of sp³-hybridized carbons (Fsp3) is 1.00. The molecule has 2 N–H and O–H groups in total. The van der Waals surface area contributed by atoms with E-state index in [1.807, 2.05) is 0 Å². The Balaban J connectivity index is 2.11. The molecule has 2 nitrogen and oxygen atoms in total. The summed E-state index contributed by atoms with van der Waals surface area (Å²) in [5.74, 6) is -1.95. The molecule has 0 saturated heterocycles. The van der Waals surface area contributed by atoms with Gasteiger partial charge in [-0.3, -0.25) is 0 Å². The van der Waals surface area contributed by atoms with Crippen molar-refractivity contribution in [1.29, 1.82) is 0 Å². The van der Waals surface area contributed by atoms with E-state index in [1.165, 1.54) is 19.3 Å². The molecule has 0 spiro atoms. The molecule has 0 aliphatic heterocycles. The molecule has 84 valence electrons. The fourth-order valence-corrected chi connectivity index (χ4v) is 1.72. The van der Waals surface area contributed by atoms with E-state index in [0.717, 1.165) is 18.9 Å². The van der Waals surface area contributed by atoms with Gasteiger partial charge in [-0.1, -0.05) is 19.3 Å². The highest BCUT2D eigenvalue weighted by Crippen LogP contribution is 2.29. The first-order chi connectivity index (χ1) is 6.53. The van der Waals surface area contributed by atoms with E-state index in [2.05, 4.69) is 0 Å². The Kier molecular flexibility index (Phi) is 4.26. The molecule has 1 fully saturated rings. The van der Waals surface area contributed by atoms with Crippen molar-refractivity contribution in [3.8, 4) is 0 Å². The van der Waals surface area contributed by atoms with Crippen LogP contribution in [0, 0.1) is 5.92 Å². The normalized spacial score (nSPS) is 18.6. The first kappa shape index (κ1) is 11.9. The maximum absolute atomic E-state index is 12.9. The molecule has 1 aliphatic rings. The molecule has 0 aromatic carbocycles. The number of nitrogens with zero attached hydrogens (tertiary/aromatic N) is 1. The second kappa shape index (κ2) is 5.03. The molecule has 0 aromatic rings. The van der Waals surface area contributed by atoms with E-state index < -0.39 is 12.5 Å². The topological polar surface area (TPSA) is 29.3 Å². The van der Waals surface area contributed by atoms with E-state index in [-0.39, 0.29) is 6.54 Å². The van der Waals surface area contributed by atoms with E-state index >= 15 is 0 Å². The van der Waals surface area contributed by atoms with Crippen molar-refractivity contribution >= 4 is 0 Å². The Labute approximate surface area is 84.4 Å². The van der Waals surface area contributed by atoms with E-state index in [0.29, 0.717) is 0 Å². The lowest BCUT2D eigenvalue weighted by atomic mass is 9.83. The highest BCUT2D eigenvalue weighted by molar-refractivity contribution is 4.74. The molecule has 1 rings (SSSR count). The van der Waals surface area contributed by atoms with Crippen molar-refractivity contribution < 1.29 is 8.78 Å². The minimum absolute atomic E-state index is 0.212. The van der Waals surface area contributed by atoms with Crippen LogP contribution in [0.4, 0.5) is 8.78 Å². The van der Waals surface area contributed by atoms with Crippen LogP contribution in [-0.4, -0.2) is 37.5 Å². The Morgan fingerprint density at radius 3 is 2.50 bits per heavy atom. The SMILES string of the molecule is CN(CCC1CCC1)CC(F)(F)CN. The predicted octanol–water partition coefficient (Wildman–Crippen LogP) is 1.70. The summed E-state index contributed by atoms with van der Waals surface area (Å²) < 4.78 is 25.7. The first-order valence-corrected chi connectivity index (χ1v) is 5.30. The second-order valence-corrected chi connectivity index (χ2v) is 4.38. The van der Waals surface area contributed by atoms with Crippen LogP contribution in [0.25, 0.3) is 0 Å². The number of rotatable bonds is 6. The molecule has 1 aliphatic carbocycles. The third kappa shape index (κ3) is 3.88. The maximum atomic E-state index is 12.9. The summed E-state index contributed by atoms with van der Waals surface area (Å²) in [5.41, 5.74) is 4.97. The number of hydrogen-bond donors (Lipinski definition) is 1. The summed E-state index contributed by atoms with van der Waals surface area (Å²) in [4.78, 5) is 1.69. The molecule has 0 aromatic heterocycles. The van der Waals surface area contributed by atoms with Gasteiger partial charge in [0.15, 0.2) is 0 Å². The molecule has 0 bridgehead atoms. The van der Waals surface area contributed by atoms with Gasteiger partial charge in [-0.2, -0.15) is 0 Å². The molecule has 0 radical (unpaired) electrons. The van der Waals surface area contributed by atoms with Crippen LogP contribution in [0.2, 0.25) is 0 Å². The van der Waals surface area contributed by atoms with Crippen LogP contribution in [-0.2, 0) is 0 Å². The van der Waals surface area contributed by atoms with Crippen molar-refractivity contribution in [3.63, 3.8) is 0 Å². The number of nitrogens with two attached hydrogens (primary N) is 1. The molecule has 0 heterocycles. The highest BCUT2D eigenvalue weighted by atomic mass is 19.3. The van der Waals surface area contributed by atoms with Gasteiger partial charge in [0, 0.05) is 0 Å². The third-order valence-corrected chi connectivity index (χ3v) is 2.94. The zero-order valence-corrected chi connectivity index (χ0v) is 8.81. The summed E-state index contributed by atoms with van der Waals surface area (Å²) in [5, 5.41) is 0. The Morgan fingerprint density at radius 1 is 1.43 bits per heavy atom. The summed E-state index contributed by atoms with van der Waals surface area (Å²) in [6.45, 7) is -0.00273. The largest absolute Gasteiger partial charge is 0.325 e. The van der Waals surface area contributed by atoms with Gasteiger partial charge in [0.1, 0.15) is 0 Å². The molecule has 4 heteroatoms. The van der Waals surface area contributed by atoms with Crippen LogP contribution in [0.15, 0.2) is 0 Å². The quantitative estimate of drug-likeness (QED) is 0.716. The number of alkyl halides is 2. The summed E-state index contributed by atoms with van der Waals surface area (Å²) >= 11 is 0. The van der Waals surface area contributed by atoms with Crippen LogP contribution >= 0.6 is 0 Å². The van der Waals surface area contributed by atoms with E-state index in [1.54, 1.807) is 11.9 Å². The lowest BCUT2D eigenvalue weighted by Crippen LogP contribution is -2.40. The van der Waals surface area contributed by atoms with Gasteiger partial charge >= 0.3 is 0 Å². The Morgan fingerprint density at radius 2 is 2.07 bits per heavy atom. The van der Waals surface area contributed by atoms with Crippen molar-refractivity contribution in [1.82, 2.24) is 4.90 Å². The maximum Gasteiger partial charge on any atom is 0.272 e. The summed E-state index contributed by atoms with van der Waals surface area (Å²) in [6, 6.07) is 0. The molecule has 0 amide bonds. The van der Waals surface area contributed by atoms with Gasteiger partial charge in [0.2, 0.25) is 0 Å². The van der Waals surface area contributed by atoms with Gasteiger partial charge in [-0.15, -0.1) is 0 Å². The van der Waals surface area contributed by atoms with Crippen molar-refractivity contribution in [2.45, 2.75) is 31.6 Å². The van der Waals surface area contributed by atoms with Gasteiger partial charge in [-0.25, -0.2) is 8.78 Å². The van der Waals surface area contributed by atoms with Gasteiger partial charge in [-0.05, 0) is 25.9 Å². The lowest BCUT2D eigenvalue weighted by Gasteiger charge is -2.29. The van der Waals surface area contributed by atoms with Crippen LogP contribution in [0.3, 0.4) is 0 Å². The standard InChI is InChI=1S/C10H20F2N2/c1-14(8-10(11,12)7-13)6-5-9-3-2-4-9/h9H,2-8,13H2,1H3. The molecular weight excluding hydrogens is 186 g/mol. The number of halogens is 2. The summed E-state index contributed by atoms with van der Waals surface area (Å²) in [7, 11) is 1.74. The number of hydrogen-bond acceptors (Lipinski definition) is 2. The van der Waals surface area contributed by atoms with Crippen LogP contribution in [0.1, 0.15) is 25.7 Å². The molecular formula is C10H20F2N2. The molecule has 0 unspecified atom stereocenters. The van der Waals surface area contributed by atoms with Crippen LogP contribution < -0.4 is 5.73 Å². The van der Waals surface area contributed by atoms with Gasteiger partial charge in [0.05, 0.1) is 13.1 Å². The first-order valence-electron chi connectivity index (χ1n) is 5.30. The molecule has 14 heavy (non-hydrogen) atoms. The lowest BCUT2D eigenvalue weighted by molar-refractivity contribution is -0.0189.